The molecule has 1 amide bonds. The number of carbonyl (C=O) groups is 1. The van der Waals surface area contributed by atoms with E-state index in [0.29, 0.717) is 11.6 Å². The number of fused-ring (bicyclic) bond motifs is 1. The highest BCUT2D eigenvalue weighted by molar-refractivity contribution is 8.19. The molecule has 0 aromatic heterocycles. The smallest absolute Gasteiger partial charge is 0.269 e. The van der Waals surface area contributed by atoms with E-state index in [1.807, 2.05) is 29.2 Å². The molecule has 0 atom stereocenters. The van der Waals surface area contributed by atoms with Crippen LogP contribution in [0.3, 0.4) is 0 Å². The fourth-order valence-electron chi connectivity index (χ4n) is 3.58. The van der Waals surface area contributed by atoms with Crippen molar-refractivity contribution in [1.82, 2.24) is 4.90 Å². The van der Waals surface area contributed by atoms with E-state index in [1.165, 1.54) is 22.9 Å². The van der Waals surface area contributed by atoms with E-state index < -0.39 is 0 Å². The molecule has 0 radical (unpaired) electrons. The van der Waals surface area contributed by atoms with Gasteiger partial charge in [0.25, 0.3) is 5.91 Å². The van der Waals surface area contributed by atoms with Crippen LogP contribution in [-0.2, 0) is 4.79 Å². The Morgan fingerprint density at radius 2 is 1.81 bits per heavy atom. The van der Waals surface area contributed by atoms with Crippen LogP contribution >= 0.6 is 35.1 Å². The highest BCUT2D eigenvalue weighted by Gasteiger charge is 2.39. The largest absolute Gasteiger partial charge is 0.334 e. The van der Waals surface area contributed by atoms with Gasteiger partial charge in [0.15, 0.2) is 5.17 Å². The van der Waals surface area contributed by atoms with Gasteiger partial charge < -0.3 is 4.90 Å². The van der Waals surface area contributed by atoms with Crippen LogP contribution in [0.1, 0.15) is 37.8 Å². The molecule has 0 bridgehead atoms. The summed E-state index contributed by atoms with van der Waals surface area (Å²) in [5.74, 6) is 0.0425. The average molecular weight is 472 g/mol. The normalized spacial score (nSPS) is 19.6. The monoisotopic (exact) mass is 471 g/mol. The number of anilines is 1. The fraction of sp³-hybridized carbons (Fsp3) is 0.333. The maximum atomic E-state index is 13.5. The maximum absolute atomic E-state index is 13.5. The third-order valence-corrected chi connectivity index (χ3v) is 8.10. The Labute approximate surface area is 197 Å². The molecule has 2 aliphatic heterocycles. The minimum Gasteiger partial charge on any atom is -0.334 e. The number of unbranched alkanes of at least 4 members (excludes halogenated alkanes) is 1. The van der Waals surface area contributed by atoms with Crippen LogP contribution in [0, 0.1) is 13.8 Å². The predicted octanol–water partition coefficient (Wildman–Crippen LogP) is 7.12. The van der Waals surface area contributed by atoms with Crippen molar-refractivity contribution in [2.24, 2.45) is 4.99 Å². The molecular formula is C24H26ClN3OS2. The van der Waals surface area contributed by atoms with Crippen LogP contribution in [0.2, 0.25) is 5.02 Å². The van der Waals surface area contributed by atoms with Crippen molar-refractivity contribution in [2.45, 2.75) is 45.4 Å². The quantitative estimate of drug-likeness (QED) is 0.435. The standard InChI is InChI=1S/C24H26ClN3OS2/c1-5-7-12-28-22(29)21(31-24(28)26-18-10-8-15(3)16(4)13-18)23-27(6-2)19-14-17(25)9-11-20(19)30-23/h8-11,13-14H,5-7,12H2,1-4H3. The molecule has 162 valence electrons. The summed E-state index contributed by atoms with van der Waals surface area (Å²) in [6.45, 7) is 9.87. The number of aliphatic imine (C=N–C) groups is 1. The number of amides is 1. The van der Waals surface area contributed by atoms with Crippen molar-refractivity contribution in [1.29, 1.82) is 0 Å². The molecular weight excluding hydrogens is 446 g/mol. The first-order chi connectivity index (χ1) is 14.9. The van der Waals surface area contributed by atoms with Gasteiger partial charge in [0.05, 0.1) is 11.4 Å². The van der Waals surface area contributed by atoms with Crippen molar-refractivity contribution >= 4 is 57.6 Å². The molecule has 2 aromatic rings. The number of rotatable bonds is 5. The van der Waals surface area contributed by atoms with E-state index in [2.05, 4.69) is 44.7 Å². The van der Waals surface area contributed by atoms with Gasteiger partial charge in [-0.15, -0.1) is 0 Å². The molecule has 2 aromatic carbocycles. The maximum Gasteiger partial charge on any atom is 0.269 e. The van der Waals surface area contributed by atoms with Crippen LogP contribution in [0.5, 0.6) is 0 Å². The van der Waals surface area contributed by atoms with Gasteiger partial charge in [0, 0.05) is 23.0 Å². The zero-order chi connectivity index (χ0) is 22.1. The molecule has 31 heavy (non-hydrogen) atoms. The summed E-state index contributed by atoms with van der Waals surface area (Å²) in [4.78, 5) is 24.3. The second kappa shape index (κ2) is 9.31. The van der Waals surface area contributed by atoms with E-state index in [9.17, 15) is 4.79 Å². The van der Waals surface area contributed by atoms with Crippen molar-refractivity contribution < 1.29 is 4.79 Å². The van der Waals surface area contributed by atoms with Crippen molar-refractivity contribution in [3.63, 3.8) is 0 Å². The second-order valence-electron chi connectivity index (χ2n) is 7.67. The van der Waals surface area contributed by atoms with Gasteiger partial charge in [0.1, 0.15) is 9.93 Å². The summed E-state index contributed by atoms with van der Waals surface area (Å²) in [5.41, 5.74) is 4.39. The first-order valence-electron chi connectivity index (χ1n) is 10.6. The zero-order valence-corrected chi connectivity index (χ0v) is 20.6. The number of aryl methyl sites for hydroxylation is 2. The summed E-state index contributed by atoms with van der Waals surface area (Å²) in [7, 11) is 0. The SMILES string of the molecule is CCCCN1C(=O)C(=C2Sc3ccc(Cl)cc3N2CC)SC1=Nc1ccc(C)c(C)c1. The van der Waals surface area contributed by atoms with E-state index in [0.717, 1.165) is 50.8 Å². The van der Waals surface area contributed by atoms with E-state index in [4.69, 9.17) is 16.6 Å². The topological polar surface area (TPSA) is 35.9 Å². The average Bonchev–Trinajstić information content (AvgIpc) is 3.25. The number of hydrogen-bond acceptors (Lipinski definition) is 5. The van der Waals surface area contributed by atoms with Crippen molar-refractivity contribution in [3.05, 3.63) is 62.5 Å². The number of benzene rings is 2. The van der Waals surface area contributed by atoms with Gasteiger partial charge in [-0.3, -0.25) is 9.69 Å². The lowest BCUT2D eigenvalue weighted by Gasteiger charge is -2.19. The van der Waals surface area contributed by atoms with E-state index >= 15 is 0 Å². The van der Waals surface area contributed by atoms with Gasteiger partial charge in [-0.2, -0.15) is 0 Å². The molecule has 0 saturated carbocycles. The van der Waals surface area contributed by atoms with Crippen LogP contribution in [-0.4, -0.2) is 29.1 Å². The Kier molecular flexibility index (Phi) is 6.70. The summed E-state index contributed by atoms with van der Waals surface area (Å²) in [6.07, 6.45) is 1.97. The van der Waals surface area contributed by atoms with Crippen molar-refractivity contribution in [3.8, 4) is 0 Å². The summed E-state index contributed by atoms with van der Waals surface area (Å²) in [6, 6.07) is 12.1. The fourth-order valence-corrected chi connectivity index (χ4v) is 6.14. The lowest BCUT2D eigenvalue weighted by Crippen LogP contribution is -2.30. The number of amidine groups is 1. The van der Waals surface area contributed by atoms with Gasteiger partial charge in [-0.05, 0) is 80.4 Å². The summed E-state index contributed by atoms with van der Waals surface area (Å²) < 4.78 is 0. The minimum atomic E-state index is 0.0425. The number of thioether (sulfide) groups is 2. The van der Waals surface area contributed by atoms with Crippen LogP contribution in [0.25, 0.3) is 0 Å². The lowest BCUT2D eigenvalue weighted by molar-refractivity contribution is -0.122. The molecule has 4 rings (SSSR count). The predicted molar refractivity (Wildman–Crippen MR) is 135 cm³/mol. The Hall–Kier alpha value is -1.89. The molecule has 0 spiro atoms. The first kappa shape index (κ1) is 22.3. The van der Waals surface area contributed by atoms with Gasteiger partial charge in [0.2, 0.25) is 0 Å². The van der Waals surface area contributed by atoms with Crippen LogP contribution in [0.4, 0.5) is 11.4 Å². The van der Waals surface area contributed by atoms with Crippen LogP contribution in [0.15, 0.2) is 56.2 Å². The molecule has 2 heterocycles. The molecule has 1 fully saturated rings. The zero-order valence-electron chi connectivity index (χ0n) is 18.2. The van der Waals surface area contributed by atoms with Crippen LogP contribution < -0.4 is 4.90 Å². The van der Waals surface area contributed by atoms with Gasteiger partial charge >= 0.3 is 0 Å². The summed E-state index contributed by atoms with van der Waals surface area (Å²) in [5, 5.41) is 2.44. The molecule has 0 aliphatic carbocycles. The van der Waals surface area contributed by atoms with E-state index in [-0.39, 0.29) is 5.91 Å². The summed E-state index contributed by atoms with van der Waals surface area (Å²) >= 11 is 9.37. The molecule has 2 aliphatic rings. The minimum absolute atomic E-state index is 0.0425. The lowest BCUT2D eigenvalue weighted by atomic mass is 10.1. The number of halogens is 1. The Morgan fingerprint density at radius 3 is 2.52 bits per heavy atom. The molecule has 7 heteroatoms. The Morgan fingerprint density at radius 1 is 1.00 bits per heavy atom. The Balaban J connectivity index is 1.75. The molecule has 1 saturated heterocycles. The molecule has 0 N–H and O–H groups in total. The first-order valence-corrected chi connectivity index (χ1v) is 12.6. The highest BCUT2D eigenvalue weighted by atomic mass is 35.5. The molecule has 0 unspecified atom stereocenters. The van der Waals surface area contributed by atoms with E-state index in [1.54, 1.807) is 11.8 Å². The van der Waals surface area contributed by atoms with Gasteiger partial charge in [-0.1, -0.05) is 42.8 Å². The Bertz CT molecular complexity index is 1100. The number of nitrogens with zero attached hydrogens (tertiary/aromatic N) is 3. The second-order valence-corrected chi connectivity index (χ2v) is 10.1. The van der Waals surface area contributed by atoms with Crippen molar-refractivity contribution in [2.75, 3.05) is 18.0 Å². The third-order valence-electron chi connectivity index (χ3n) is 5.49. The highest BCUT2D eigenvalue weighted by Crippen LogP contribution is 2.51. The molecule has 4 nitrogen and oxygen atoms in total. The van der Waals surface area contributed by atoms with Gasteiger partial charge in [-0.25, -0.2) is 4.99 Å². The third kappa shape index (κ3) is 4.38. The number of carbonyl (C=O) groups excluding carboxylic acids is 1. The number of hydrogen-bond donors (Lipinski definition) is 0.